The van der Waals surface area contributed by atoms with Crippen LogP contribution in [0.2, 0.25) is 0 Å². The van der Waals surface area contributed by atoms with Crippen molar-refractivity contribution in [3.63, 3.8) is 0 Å². The van der Waals surface area contributed by atoms with Gasteiger partial charge in [-0.15, -0.1) is 0 Å². The fourth-order valence-electron chi connectivity index (χ4n) is 2.05. The van der Waals surface area contributed by atoms with Crippen molar-refractivity contribution < 1.29 is 9.53 Å². The Hall–Kier alpha value is -1.97. The van der Waals surface area contributed by atoms with Gasteiger partial charge in [0.15, 0.2) is 0 Å². The van der Waals surface area contributed by atoms with Gasteiger partial charge in [0.25, 0.3) is 0 Å². The number of nitrogens with one attached hydrogen (secondary N) is 2. The Morgan fingerprint density at radius 2 is 2.22 bits per heavy atom. The first kappa shape index (κ1) is 12.5. The van der Waals surface area contributed by atoms with Crippen LogP contribution in [0.15, 0.2) is 30.3 Å². The molecule has 2 N–H and O–H groups in total. The van der Waals surface area contributed by atoms with E-state index in [0.717, 1.165) is 30.5 Å². The third-order valence-electron chi connectivity index (χ3n) is 2.88. The number of hydrogen-bond donors (Lipinski definition) is 2. The third-order valence-corrected chi connectivity index (χ3v) is 2.88. The van der Waals surface area contributed by atoms with E-state index in [4.69, 9.17) is 4.74 Å². The Bertz CT molecular complexity index is 455. The molecule has 0 radical (unpaired) electrons. The van der Waals surface area contributed by atoms with Crippen molar-refractivity contribution in [3.05, 3.63) is 41.5 Å². The van der Waals surface area contributed by atoms with Gasteiger partial charge >= 0.3 is 6.09 Å². The second-order valence-corrected chi connectivity index (χ2v) is 4.14. The molecule has 0 bridgehead atoms. The summed E-state index contributed by atoms with van der Waals surface area (Å²) in [7, 11) is 0. The molecule has 0 unspecified atom stereocenters. The summed E-state index contributed by atoms with van der Waals surface area (Å²) >= 11 is 0. The highest BCUT2D eigenvalue weighted by atomic mass is 16.5. The fraction of sp³-hybridized carbons (Fsp3) is 0.357. The fourth-order valence-corrected chi connectivity index (χ4v) is 2.05. The molecule has 1 aromatic carbocycles. The van der Waals surface area contributed by atoms with Gasteiger partial charge in [-0.1, -0.05) is 30.3 Å². The Morgan fingerprint density at radius 3 is 3.06 bits per heavy atom. The van der Waals surface area contributed by atoms with E-state index in [9.17, 15) is 4.79 Å². The SMILES string of the molecule is CCOC(=O)NNC1=CCCCc2ccccc21. The topological polar surface area (TPSA) is 50.4 Å². The summed E-state index contributed by atoms with van der Waals surface area (Å²) in [5, 5.41) is 0. The lowest BCUT2D eigenvalue weighted by atomic mass is 10.0. The van der Waals surface area contributed by atoms with Crippen LogP contribution in [0.3, 0.4) is 0 Å². The monoisotopic (exact) mass is 246 g/mol. The number of rotatable bonds is 3. The maximum Gasteiger partial charge on any atom is 0.425 e. The van der Waals surface area contributed by atoms with Crippen LogP contribution in [0.5, 0.6) is 0 Å². The van der Waals surface area contributed by atoms with Crippen molar-refractivity contribution >= 4 is 11.8 Å². The second kappa shape index (κ2) is 6.10. The molecule has 0 aliphatic heterocycles. The lowest BCUT2D eigenvalue weighted by Crippen LogP contribution is -2.36. The lowest BCUT2D eigenvalue weighted by molar-refractivity contribution is 0.149. The lowest BCUT2D eigenvalue weighted by Gasteiger charge is -2.13. The molecule has 4 heteroatoms. The molecule has 96 valence electrons. The van der Waals surface area contributed by atoms with Gasteiger partial charge in [-0.3, -0.25) is 5.43 Å². The first-order valence-electron chi connectivity index (χ1n) is 6.28. The van der Waals surface area contributed by atoms with Gasteiger partial charge in [-0.2, -0.15) is 0 Å². The maximum absolute atomic E-state index is 11.3. The molecule has 0 saturated carbocycles. The molecule has 1 aromatic rings. The minimum absolute atomic E-state index is 0.364. The summed E-state index contributed by atoms with van der Waals surface area (Å²) in [5.74, 6) is 0. The summed E-state index contributed by atoms with van der Waals surface area (Å²) < 4.78 is 4.81. The minimum Gasteiger partial charge on any atom is -0.449 e. The smallest absolute Gasteiger partial charge is 0.425 e. The van der Waals surface area contributed by atoms with Crippen LogP contribution in [-0.2, 0) is 11.2 Å². The number of aryl methyl sites for hydroxylation is 1. The van der Waals surface area contributed by atoms with Crippen molar-refractivity contribution in [3.8, 4) is 0 Å². The van der Waals surface area contributed by atoms with Crippen molar-refractivity contribution in [2.75, 3.05) is 6.61 Å². The van der Waals surface area contributed by atoms with Gasteiger partial charge in [-0.25, -0.2) is 10.2 Å². The van der Waals surface area contributed by atoms with Crippen LogP contribution in [0.1, 0.15) is 30.9 Å². The van der Waals surface area contributed by atoms with E-state index in [0.29, 0.717) is 6.61 Å². The average Bonchev–Trinajstić information content (AvgIpc) is 2.59. The average molecular weight is 246 g/mol. The van der Waals surface area contributed by atoms with Gasteiger partial charge in [-0.05, 0) is 31.7 Å². The van der Waals surface area contributed by atoms with E-state index in [1.165, 1.54) is 5.56 Å². The van der Waals surface area contributed by atoms with E-state index in [-0.39, 0.29) is 0 Å². The van der Waals surface area contributed by atoms with Crippen LogP contribution in [-0.4, -0.2) is 12.7 Å². The predicted octanol–water partition coefficient (Wildman–Crippen LogP) is 2.61. The molecule has 0 fully saturated rings. The van der Waals surface area contributed by atoms with E-state index < -0.39 is 6.09 Å². The molecule has 1 aliphatic carbocycles. The highest BCUT2D eigenvalue weighted by molar-refractivity contribution is 5.72. The number of benzene rings is 1. The van der Waals surface area contributed by atoms with Gasteiger partial charge in [0.05, 0.1) is 12.3 Å². The second-order valence-electron chi connectivity index (χ2n) is 4.14. The summed E-state index contributed by atoms with van der Waals surface area (Å²) in [5.41, 5.74) is 8.87. The van der Waals surface area contributed by atoms with Crippen LogP contribution in [0.4, 0.5) is 4.79 Å². The van der Waals surface area contributed by atoms with Gasteiger partial charge < -0.3 is 4.74 Å². The Morgan fingerprint density at radius 1 is 1.39 bits per heavy atom. The number of ether oxygens (including phenoxy) is 1. The Balaban J connectivity index is 2.08. The summed E-state index contributed by atoms with van der Waals surface area (Å²) in [6.07, 6.45) is 4.85. The number of hydrazine groups is 1. The predicted molar refractivity (Wildman–Crippen MR) is 70.7 cm³/mol. The summed E-state index contributed by atoms with van der Waals surface area (Å²) in [6.45, 7) is 2.14. The summed E-state index contributed by atoms with van der Waals surface area (Å²) in [6, 6.07) is 8.23. The van der Waals surface area contributed by atoms with Gasteiger partial charge in [0.2, 0.25) is 0 Å². The molecule has 0 spiro atoms. The molecule has 1 amide bonds. The molecular weight excluding hydrogens is 228 g/mol. The molecule has 0 aromatic heterocycles. The Kier molecular flexibility index (Phi) is 4.23. The van der Waals surface area contributed by atoms with Crippen molar-refractivity contribution in [1.82, 2.24) is 10.9 Å². The van der Waals surface area contributed by atoms with E-state index >= 15 is 0 Å². The van der Waals surface area contributed by atoms with E-state index in [2.05, 4.69) is 29.1 Å². The number of carbonyl (C=O) groups excluding carboxylic acids is 1. The molecule has 0 heterocycles. The zero-order valence-corrected chi connectivity index (χ0v) is 10.5. The number of hydrogen-bond acceptors (Lipinski definition) is 3. The van der Waals surface area contributed by atoms with Gasteiger partial charge in [0, 0.05) is 5.56 Å². The molecule has 0 saturated heterocycles. The maximum atomic E-state index is 11.3. The van der Waals surface area contributed by atoms with Crippen molar-refractivity contribution in [2.24, 2.45) is 0 Å². The molecule has 2 rings (SSSR count). The van der Waals surface area contributed by atoms with Crippen LogP contribution >= 0.6 is 0 Å². The quantitative estimate of drug-likeness (QED) is 0.806. The minimum atomic E-state index is -0.458. The van der Waals surface area contributed by atoms with Crippen LogP contribution in [0, 0.1) is 0 Å². The molecular formula is C14H18N2O2. The zero-order valence-electron chi connectivity index (χ0n) is 10.5. The number of allylic oxidation sites excluding steroid dienone is 1. The van der Waals surface area contributed by atoms with Crippen LogP contribution < -0.4 is 10.9 Å². The molecule has 0 atom stereocenters. The standard InChI is InChI=1S/C14H18N2O2/c1-2-18-14(17)16-15-13-10-6-4-8-11-7-3-5-9-12(11)13/h3,5,7,9-10,15H,2,4,6,8H2,1H3,(H,16,17). The highest BCUT2D eigenvalue weighted by Crippen LogP contribution is 2.23. The number of amides is 1. The van der Waals surface area contributed by atoms with E-state index in [1.807, 2.05) is 12.1 Å². The first-order chi connectivity index (χ1) is 8.81. The van der Waals surface area contributed by atoms with Crippen molar-refractivity contribution in [2.45, 2.75) is 26.2 Å². The number of fused-ring (bicyclic) bond motifs is 1. The van der Waals surface area contributed by atoms with Gasteiger partial charge in [0.1, 0.15) is 0 Å². The summed E-state index contributed by atoms with van der Waals surface area (Å²) in [4.78, 5) is 11.3. The molecule has 18 heavy (non-hydrogen) atoms. The van der Waals surface area contributed by atoms with Crippen molar-refractivity contribution in [1.29, 1.82) is 0 Å². The zero-order chi connectivity index (χ0) is 12.8. The first-order valence-corrected chi connectivity index (χ1v) is 6.28. The largest absolute Gasteiger partial charge is 0.449 e. The Labute approximate surface area is 107 Å². The van der Waals surface area contributed by atoms with Crippen LogP contribution in [0.25, 0.3) is 5.70 Å². The highest BCUT2D eigenvalue weighted by Gasteiger charge is 2.11. The molecule has 4 nitrogen and oxygen atoms in total. The number of carbonyl (C=O) groups is 1. The van der Waals surface area contributed by atoms with E-state index in [1.54, 1.807) is 6.92 Å². The molecule has 1 aliphatic rings. The normalized spacial score (nSPS) is 13.9. The third kappa shape index (κ3) is 3.03.